The Balaban J connectivity index is 1.33. The van der Waals surface area contributed by atoms with E-state index in [1.165, 1.54) is 63.4 Å². The van der Waals surface area contributed by atoms with Crippen molar-refractivity contribution in [3.63, 3.8) is 0 Å². The molecule has 5 aliphatic rings. The Hall–Kier alpha value is -1.58. The third-order valence-electron chi connectivity index (χ3n) is 15.8. The van der Waals surface area contributed by atoms with Gasteiger partial charge in [0, 0.05) is 5.41 Å². The summed E-state index contributed by atoms with van der Waals surface area (Å²) in [5, 5.41) is 0. The molecule has 5 aliphatic carbocycles. The highest BCUT2D eigenvalue weighted by atomic mass is 16.5. The van der Waals surface area contributed by atoms with Crippen LogP contribution in [0.25, 0.3) is 0 Å². The molecule has 4 heteroatoms. The molecule has 0 spiro atoms. The summed E-state index contributed by atoms with van der Waals surface area (Å²) in [6, 6.07) is 0. The number of carbonyl (C=O) groups excluding carboxylic acids is 2. The molecule has 4 nitrogen and oxygen atoms in total. The molecule has 5 saturated carbocycles. The molecule has 0 bridgehead atoms. The predicted octanol–water partition coefficient (Wildman–Crippen LogP) is 10.5. The second-order valence-electron chi connectivity index (χ2n) is 18.7. The number of ether oxygens (including phenoxy) is 2. The number of hydrogen-bond acceptors (Lipinski definition) is 4. The van der Waals surface area contributed by atoms with Gasteiger partial charge in [0.1, 0.15) is 12.7 Å². The van der Waals surface area contributed by atoms with Gasteiger partial charge in [-0.1, -0.05) is 86.6 Å². The molecule has 0 aromatic heterocycles. The van der Waals surface area contributed by atoms with E-state index in [-0.39, 0.29) is 48.3 Å². The van der Waals surface area contributed by atoms with Gasteiger partial charge in [0.05, 0.1) is 12.8 Å². The molecule has 0 saturated heterocycles. The maximum absolute atomic E-state index is 13.3. The highest BCUT2D eigenvalue weighted by Crippen LogP contribution is 2.78. The number of fused-ring (bicyclic) bond motifs is 7. The molecule has 0 heterocycles. The highest BCUT2D eigenvalue weighted by molar-refractivity contribution is 5.74. The molecule has 0 aromatic rings. The third-order valence-corrected chi connectivity index (χ3v) is 15.8. The van der Waals surface area contributed by atoms with E-state index in [0.29, 0.717) is 34.0 Å². The van der Waals surface area contributed by atoms with Crippen LogP contribution in [-0.2, 0) is 19.1 Å². The van der Waals surface area contributed by atoms with Crippen molar-refractivity contribution in [2.24, 2.45) is 62.1 Å². The molecule has 0 amide bonds. The fourth-order valence-electron chi connectivity index (χ4n) is 13.3. The first-order valence-electron chi connectivity index (χ1n) is 18.5. The van der Waals surface area contributed by atoms with Gasteiger partial charge in [0.15, 0.2) is 0 Å². The maximum atomic E-state index is 13.3. The van der Waals surface area contributed by atoms with Crippen LogP contribution in [0.15, 0.2) is 24.8 Å². The summed E-state index contributed by atoms with van der Waals surface area (Å²) in [5.74, 6) is 3.08. The molecular weight excluding hydrogens is 556 g/mol. The van der Waals surface area contributed by atoms with Gasteiger partial charge in [-0.05, 0) is 128 Å². The van der Waals surface area contributed by atoms with Gasteiger partial charge in [0.2, 0.25) is 0 Å². The molecule has 0 radical (unpaired) electrons. The van der Waals surface area contributed by atoms with E-state index in [1.54, 1.807) is 6.08 Å². The van der Waals surface area contributed by atoms with Crippen molar-refractivity contribution in [3.05, 3.63) is 24.8 Å². The Morgan fingerprint density at radius 1 is 0.844 bits per heavy atom. The zero-order valence-electron chi connectivity index (χ0n) is 30.5. The lowest BCUT2D eigenvalue weighted by atomic mass is 9.32. The van der Waals surface area contributed by atoms with Crippen LogP contribution in [0, 0.1) is 62.1 Å². The van der Waals surface area contributed by atoms with Crippen molar-refractivity contribution in [2.45, 2.75) is 152 Å². The lowest BCUT2D eigenvalue weighted by Gasteiger charge is -2.73. The fraction of sp³-hybridized carbons (Fsp3) is 0.854. The van der Waals surface area contributed by atoms with Crippen molar-refractivity contribution in [1.82, 2.24) is 0 Å². The van der Waals surface area contributed by atoms with Gasteiger partial charge < -0.3 is 9.47 Å². The Kier molecular flexibility index (Phi) is 9.14. The average molecular weight is 623 g/mol. The predicted molar refractivity (Wildman–Crippen MR) is 183 cm³/mol. The number of allylic oxidation sites excluding steroid dienone is 1. The van der Waals surface area contributed by atoms with E-state index in [1.807, 2.05) is 13.8 Å². The van der Waals surface area contributed by atoms with E-state index < -0.39 is 5.41 Å². The lowest BCUT2D eigenvalue weighted by Crippen LogP contribution is -2.66. The molecule has 254 valence electrons. The van der Waals surface area contributed by atoms with E-state index in [4.69, 9.17) is 9.47 Å². The summed E-state index contributed by atoms with van der Waals surface area (Å²) >= 11 is 0. The van der Waals surface area contributed by atoms with E-state index in [9.17, 15) is 9.59 Å². The Morgan fingerprint density at radius 2 is 1.53 bits per heavy atom. The first-order valence-corrected chi connectivity index (χ1v) is 18.5. The van der Waals surface area contributed by atoms with Crippen LogP contribution in [0.2, 0.25) is 0 Å². The minimum Gasteiger partial charge on any atom is -0.462 e. The number of carbonyl (C=O) groups is 2. The van der Waals surface area contributed by atoms with Gasteiger partial charge in [-0.3, -0.25) is 9.59 Å². The van der Waals surface area contributed by atoms with E-state index >= 15 is 0 Å². The summed E-state index contributed by atoms with van der Waals surface area (Å²) in [6.07, 6.45) is 16.1. The average Bonchev–Trinajstić information content (AvgIpc) is 3.34. The maximum Gasteiger partial charge on any atom is 0.306 e. The van der Waals surface area contributed by atoms with Crippen LogP contribution >= 0.6 is 0 Å². The van der Waals surface area contributed by atoms with Crippen LogP contribution in [0.1, 0.15) is 146 Å². The highest BCUT2D eigenvalue weighted by Gasteiger charge is 2.70. The first kappa shape index (κ1) is 34.7. The van der Waals surface area contributed by atoms with E-state index in [2.05, 4.69) is 61.6 Å². The first-order chi connectivity index (χ1) is 20.9. The topological polar surface area (TPSA) is 52.6 Å². The summed E-state index contributed by atoms with van der Waals surface area (Å²) in [4.78, 5) is 25.6. The minimum atomic E-state index is -0.513. The normalized spacial score (nSPS) is 43.6. The summed E-state index contributed by atoms with van der Waals surface area (Å²) in [6.45, 7) is 29.9. The SMILES string of the molecule is C=CCOC(=O)CC(C)(C)CC(=O)O[C@H]1CC[C@@]2(C)C(CC[C@]3(C)C2CC[C@@H]2C4[C@H](C(=C)C)CC[C@]4(CC)CC[C@]23C)C1(C)C. The van der Waals surface area contributed by atoms with Crippen LogP contribution in [0.5, 0.6) is 0 Å². The monoisotopic (exact) mass is 622 g/mol. The van der Waals surface area contributed by atoms with Crippen LogP contribution in [0.4, 0.5) is 0 Å². The minimum absolute atomic E-state index is 0.0856. The van der Waals surface area contributed by atoms with Gasteiger partial charge in [-0.25, -0.2) is 0 Å². The molecule has 45 heavy (non-hydrogen) atoms. The quantitative estimate of drug-likeness (QED) is 0.190. The number of esters is 2. The molecule has 5 rings (SSSR count). The van der Waals surface area contributed by atoms with Gasteiger partial charge in [-0.2, -0.15) is 0 Å². The molecule has 10 atom stereocenters. The molecular formula is C41H66O4. The summed E-state index contributed by atoms with van der Waals surface area (Å²) in [5.41, 5.74) is 2.33. The third kappa shape index (κ3) is 5.48. The Labute approximate surface area is 275 Å². The van der Waals surface area contributed by atoms with Crippen LogP contribution < -0.4 is 0 Å². The van der Waals surface area contributed by atoms with E-state index in [0.717, 1.165) is 24.7 Å². The number of hydrogen-bond donors (Lipinski definition) is 0. The van der Waals surface area contributed by atoms with Crippen LogP contribution in [-0.4, -0.2) is 24.6 Å². The molecule has 0 aromatic carbocycles. The molecule has 0 aliphatic heterocycles. The van der Waals surface area contributed by atoms with Gasteiger partial charge >= 0.3 is 11.9 Å². The fourth-order valence-corrected chi connectivity index (χ4v) is 13.3. The van der Waals surface area contributed by atoms with Gasteiger partial charge in [-0.15, -0.1) is 0 Å². The molecule has 3 unspecified atom stereocenters. The van der Waals surface area contributed by atoms with Crippen molar-refractivity contribution in [2.75, 3.05) is 6.61 Å². The van der Waals surface area contributed by atoms with Crippen molar-refractivity contribution in [3.8, 4) is 0 Å². The van der Waals surface area contributed by atoms with Gasteiger partial charge in [0.25, 0.3) is 0 Å². The molecule has 0 N–H and O–H groups in total. The van der Waals surface area contributed by atoms with Crippen molar-refractivity contribution >= 4 is 11.9 Å². The second-order valence-corrected chi connectivity index (χ2v) is 18.7. The standard InChI is InChI=1S/C41H66O4/c1-12-24-44-33(42)25-36(5,6)26-34(43)45-32-18-19-38(9)30(37(32,7)8)17-20-40(11)31(38)15-14-29-35-28(27(3)4)16-21-41(35,13-2)23-22-39(29,40)10/h12,28-32,35H,1,3,13-26H2,2,4-11H3/t28-,29+,30?,31?,32-,35?,38-,39+,40+,41+/m0/s1. The summed E-state index contributed by atoms with van der Waals surface area (Å²) < 4.78 is 11.5. The Morgan fingerprint density at radius 3 is 2.18 bits per heavy atom. The number of rotatable bonds is 9. The zero-order chi connectivity index (χ0) is 33.2. The van der Waals surface area contributed by atoms with Crippen molar-refractivity contribution in [1.29, 1.82) is 0 Å². The van der Waals surface area contributed by atoms with Crippen molar-refractivity contribution < 1.29 is 19.1 Å². The largest absolute Gasteiger partial charge is 0.462 e. The summed E-state index contributed by atoms with van der Waals surface area (Å²) in [7, 11) is 0. The molecule has 5 fully saturated rings. The smallest absolute Gasteiger partial charge is 0.306 e. The lowest BCUT2D eigenvalue weighted by molar-refractivity contribution is -0.250. The van der Waals surface area contributed by atoms with Crippen LogP contribution in [0.3, 0.4) is 0 Å². The second kappa shape index (κ2) is 11.8. The Bertz CT molecular complexity index is 1180. The zero-order valence-corrected chi connectivity index (χ0v) is 30.5.